The molecule has 92 valence electrons. The van der Waals surface area contributed by atoms with Crippen molar-refractivity contribution in [3.05, 3.63) is 11.6 Å². The average Bonchev–Trinajstić information content (AvgIpc) is 2.27. The lowest BCUT2D eigenvalue weighted by Gasteiger charge is -2.28. The fourth-order valence-electron chi connectivity index (χ4n) is 1.56. The highest BCUT2D eigenvalue weighted by Gasteiger charge is 2.18. The number of carbonyl (C=O) groups is 1. The number of amides is 1. The third-order valence-corrected chi connectivity index (χ3v) is 2.62. The van der Waals surface area contributed by atoms with Gasteiger partial charge in [-0.1, -0.05) is 18.2 Å². The molecule has 0 bridgehead atoms. The summed E-state index contributed by atoms with van der Waals surface area (Å²) in [5.74, 6) is 0.170. The molecule has 5 heteroatoms. The molecule has 0 saturated carbocycles. The topological polar surface area (TPSA) is 41.6 Å². The zero-order chi connectivity index (χ0) is 12.0. The Morgan fingerprint density at radius 1 is 1.56 bits per heavy atom. The molecule has 1 N–H and O–H groups in total. The van der Waals surface area contributed by atoms with E-state index in [1.165, 1.54) is 0 Å². The van der Waals surface area contributed by atoms with Crippen molar-refractivity contribution in [2.45, 2.75) is 19.4 Å². The van der Waals surface area contributed by atoms with Crippen LogP contribution in [0.25, 0.3) is 0 Å². The maximum absolute atomic E-state index is 11.8. The highest BCUT2D eigenvalue weighted by atomic mass is 35.5. The number of morpholine rings is 1. The third-order valence-electron chi connectivity index (χ3n) is 2.49. The van der Waals surface area contributed by atoms with Crippen LogP contribution < -0.4 is 5.32 Å². The fraction of sp³-hybridized carbons (Fsp3) is 0.727. The maximum Gasteiger partial charge on any atom is 0.224 e. The van der Waals surface area contributed by atoms with Gasteiger partial charge in [0.05, 0.1) is 13.2 Å². The van der Waals surface area contributed by atoms with Crippen molar-refractivity contribution in [1.29, 1.82) is 0 Å². The molecule has 1 atom stereocenters. The Labute approximate surface area is 102 Å². The van der Waals surface area contributed by atoms with E-state index in [4.69, 9.17) is 16.3 Å². The van der Waals surface area contributed by atoms with Gasteiger partial charge in [0.2, 0.25) is 5.91 Å². The number of hydrogen-bond acceptors (Lipinski definition) is 3. The second kappa shape index (κ2) is 6.89. The van der Waals surface area contributed by atoms with Crippen LogP contribution in [-0.4, -0.2) is 49.7 Å². The highest BCUT2D eigenvalue weighted by Crippen LogP contribution is 2.03. The Balaban J connectivity index is 2.23. The van der Waals surface area contributed by atoms with Crippen molar-refractivity contribution in [2.24, 2.45) is 0 Å². The zero-order valence-electron chi connectivity index (χ0n) is 9.67. The third kappa shape index (κ3) is 4.96. The minimum Gasteiger partial charge on any atom is -0.378 e. The molecule has 4 nitrogen and oxygen atoms in total. The first-order valence-corrected chi connectivity index (χ1v) is 5.89. The summed E-state index contributed by atoms with van der Waals surface area (Å²) in [7, 11) is 0. The fourth-order valence-corrected chi connectivity index (χ4v) is 1.64. The molecule has 1 amide bonds. The van der Waals surface area contributed by atoms with E-state index in [0.29, 0.717) is 44.3 Å². The van der Waals surface area contributed by atoms with Crippen molar-refractivity contribution in [1.82, 2.24) is 10.2 Å². The molecule has 1 heterocycles. The summed E-state index contributed by atoms with van der Waals surface area (Å²) >= 11 is 5.64. The number of carbonyl (C=O) groups excluding carboxylic acids is 1. The molecule has 1 saturated heterocycles. The molecule has 1 rings (SSSR count). The molecule has 1 aliphatic heterocycles. The van der Waals surface area contributed by atoms with E-state index in [1.807, 2.05) is 11.8 Å². The standard InChI is InChI=1S/C11H19ClN2O2/c1-9(12)8-13-10(2)7-11(15)14-3-5-16-6-4-14/h10,13H,1,3-8H2,2H3. The first-order chi connectivity index (χ1) is 7.59. The number of rotatable bonds is 5. The predicted octanol–water partition coefficient (Wildman–Crippen LogP) is 0.966. The summed E-state index contributed by atoms with van der Waals surface area (Å²) in [6.45, 7) is 8.79. The lowest BCUT2D eigenvalue weighted by molar-refractivity contribution is -0.135. The van der Waals surface area contributed by atoms with E-state index in [2.05, 4.69) is 11.9 Å². The smallest absolute Gasteiger partial charge is 0.224 e. The van der Waals surface area contributed by atoms with E-state index in [0.717, 1.165) is 0 Å². The minimum atomic E-state index is 0.117. The van der Waals surface area contributed by atoms with E-state index in [1.54, 1.807) is 0 Å². The van der Waals surface area contributed by atoms with Crippen LogP contribution in [-0.2, 0) is 9.53 Å². The van der Waals surface area contributed by atoms with Gasteiger partial charge in [-0.3, -0.25) is 4.79 Å². The molecule has 1 fully saturated rings. The number of nitrogens with zero attached hydrogens (tertiary/aromatic N) is 1. The van der Waals surface area contributed by atoms with Gasteiger partial charge in [0.15, 0.2) is 0 Å². The Morgan fingerprint density at radius 3 is 2.75 bits per heavy atom. The van der Waals surface area contributed by atoms with Gasteiger partial charge in [0.25, 0.3) is 0 Å². The highest BCUT2D eigenvalue weighted by molar-refractivity contribution is 6.29. The number of hydrogen-bond donors (Lipinski definition) is 1. The van der Waals surface area contributed by atoms with Gasteiger partial charge in [0, 0.05) is 37.1 Å². The van der Waals surface area contributed by atoms with Gasteiger partial charge in [0.1, 0.15) is 0 Å². The van der Waals surface area contributed by atoms with E-state index in [-0.39, 0.29) is 11.9 Å². The maximum atomic E-state index is 11.8. The first kappa shape index (κ1) is 13.5. The molecule has 0 aromatic heterocycles. The van der Waals surface area contributed by atoms with Crippen LogP contribution in [0, 0.1) is 0 Å². The summed E-state index contributed by atoms with van der Waals surface area (Å²) in [5.41, 5.74) is 0. The van der Waals surface area contributed by atoms with Crippen molar-refractivity contribution in [3.8, 4) is 0 Å². The molecular formula is C11H19ClN2O2. The molecule has 1 unspecified atom stereocenters. The van der Waals surface area contributed by atoms with Crippen LogP contribution in [0.15, 0.2) is 11.6 Å². The molecule has 1 aliphatic rings. The second-order valence-electron chi connectivity index (χ2n) is 4.00. The quantitative estimate of drug-likeness (QED) is 0.786. The van der Waals surface area contributed by atoms with Crippen molar-refractivity contribution < 1.29 is 9.53 Å². The summed E-state index contributed by atoms with van der Waals surface area (Å²) < 4.78 is 5.20. The summed E-state index contributed by atoms with van der Waals surface area (Å²) in [5, 5.41) is 3.70. The number of nitrogens with one attached hydrogen (secondary N) is 1. The zero-order valence-corrected chi connectivity index (χ0v) is 10.4. The minimum absolute atomic E-state index is 0.117. The lowest BCUT2D eigenvalue weighted by Crippen LogP contribution is -2.43. The lowest BCUT2D eigenvalue weighted by atomic mass is 10.2. The van der Waals surface area contributed by atoms with Gasteiger partial charge in [-0.25, -0.2) is 0 Å². The van der Waals surface area contributed by atoms with Gasteiger partial charge in [-0.05, 0) is 6.92 Å². The number of halogens is 1. The Bertz CT molecular complexity index is 252. The molecule has 0 aromatic rings. The Hall–Kier alpha value is -0.580. The molecule has 0 aromatic carbocycles. The van der Waals surface area contributed by atoms with Crippen LogP contribution >= 0.6 is 11.6 Å². The predicted molar refractivity (Wildman–Crippen MR) is 64.5 cm³/mol. The Morgan fingerprint density at radius 2 is 2.19 bits per heavy atom. The second-order valence-corrected chi connectivity index (χ2v) is 4.53. The van der Waals surface area contributed by atoms with E-state index < -0.39 is 0 Å². The van der Waals surface area contributed by atoms with Crippen LogP contribution in [0.5, 0.6) is 0 Å². The average molecular weight is 247 g/mol. The molecule has 0 aliphatic carbocycles. The summed E-state index contributed by atoms with van der Waals surface area (Å²) in [6.07, 6.45) is 0.490. The molecular weight excluding hydrogens is 228 g/mol. The number of ether oxygens (including phenoxy) is 1. The SMILES string of the molecule is C=C(Cl)CNC(C)CC(=O)N1CCOCC1. The van der Waals surface area contributed by atoms with Gasteiger partial charge in [-0.15, -0.1) is 0 Å². The van der Waals surface area contributed by atoms with Crippen LogP contribution in [0.2, 0.25) is 0 Å². The van der Waals surface area contributed by atoms with Gasteiger partial charge in [-0.2, -0.15) is 0 Å². The molecule has 0 spiro atoms. The summed E-state index contributed by atoms with van der Waals surface area (Å²) in [6, 6.07) is 0.117. The van der Waals surface area contributed by atoms with Gasteiger partial charge >= 0.3 is 0 Å². The van der Waals surface area contributed by atoms with Crippen LogP contribution in [0.1, 0.15) is 13.3 Å². The monoisotopic (exact) mass is 246 g/mol. The largest absolute Gasteiger partial charge is 0.378 e. The van der Waals surface area contributed by atoms with Crippen molar-refractivity contribution >= 4 is 17.5 Å². The van der Waals surface area contributed by atoms with E-state index in [9.17, 15) is 4.79 Å². The normalized spacial score (nSPS) is 18.2. The van der Waals surface area contributed by atoms with Crippen molar-refractivity contribution in [2.75, 3.05) is 32.8 Å². The van der Waals surface area contributed by atoms with Crippen LogP contribution in [0.4, 0.5) is 0 Å². The molecule has 0 radical (unpaired) electrons. The van der Waals surface area contributed by atoms with E-state index >= 15 is 0 Å². The van der Waals surface area contributed by atoms with Gasteiger partial charge < -0.3 is 15.0 Å². The Kier molecular flexibility index (Phi) is 5.80. The molecule has 16 heavy (non-hydrogen) atoms. The summed E-state index contributed by atoms with van der Waals surface area (Å²) in [4.78, 5) is 13.7. The van der Waals surface area contributed by atoms with Crippen LogP contribution in [0.3, 0.4) is 0 Å². The van der Waals surface area contributed by atoms with Crippen molar-refractivity contribution in [3.63, 3.8) is 0 Å². The first-order valence-electron chi connectivity index (χ1n) is 5.52.